The van der Waals surface area contributed by atoms with Crippen LogP contribution in [0.25, 0.3) is 0 Å². The highest BCUT2D eigenvalue weighted by Crippen LogP contribution is 2.10. The summed E-state index contributed by atoms with van der Waals surface area (Å²) in [5.41, 5.74) is -0.649. The monoisotopic (exact) mass is 227 g/mol. The maximum atomic E-state index is 11.6. The van der Waals surface area contributed by atoms with Crippen LogP contribution in [0.15, 0.2) is 0 Å². The van der Waals surface area contributed by atoms with Gasteiger partial charge in [-0.1, -0.05) is 0 Å². The summed E-state index contributed by atoms with van der Waals surface area (Å²) in [6, 6.07) is 0. The molecule has 0 atom stereocenters. The van der Waals surface area contributed by atoms with Gasteiger partial charge in [-0.05, 0) is 20.8 Å². The molecule has 0 aromatic carbocycles. The maximum Gasteiger partial charge on any atom is 0.410 e. The Morgan fingerprint density at radius 1 is 1.44 bits per heavy atom. The first-order valence-corrected chi connectivity index (χ1v) is 4.89. The highest BCUT2D eigenvalue weighted by molar-refractivity contribution is 5.76. The summed E-state index contributed by atoms with van der Waals surface area (Å²) in [5, 5.41) is 8.63. The molecule has 0 saturated heterocycles. The first-order chi connectivity index (χ1) is 7.26. The van der Waals surface area contributed by atoms with Gasteiger partial charge in [0.1, 0.15) is 12.1 Å². The third-order valence-electron chi connectivity index (χ3n) is 1.50. The number of carbonyl (C=O) groups excluding carboxylic acids is 1. The largest absolute Gasteiger partial charge is 0.480 e. The minimum atomic E-state index is -1.09. The number of carboxylic acids is 1. The number of hydrogen-bond donors (Lipinski definition) is 1. The molecule has 90 valence electrons. The molecule has 0 heterocycles. The highest BCUT2D eigenvalue weighted by Gasteiger charge is 2.23. The summed E-state index contributed by atoms with van der Waals surface area (Å²) >= 11 is 0. The first-order valence-electron chi connectivity index (χ1n) is 4.89. The van der Waals surface area contributed by atoms with Gasteiger partial charge in [0.15, 0.2) is 0 Å². The second-order valence-electron chi connectivity index (χ2n) is 4.25. The van der Waals surface area contributed by atoms with Gasteiger partial charge in [0.25, 0.3) is 0 Å². The first kappa shape index (κ1) is 14.3. The molecule has 5 nitrogen and oxygen atoms in total. The number of amides is 1. The van der Waals surface area contributed by atoms with E-state index < -0.39 is 24.2 Å². The average molecular weight is 227 g/mol. The van der Waals surface area contributed by atoms with Crippen LogP contribution in [-0.4, -0.2) is 40.8 Å². The quantitative estimate of drug-likeness (QED) is 0.736. The van der Waals surface area contributed by atoms with E-state index >= 15 is 0 Å². The molecule has 16 heavy (non-hydrogen) atoms. The second-order valence-corrected chi connectivity index (χ2v) is 4.25. The van der Waals surface area contributed by atoms with Gasteiger partial charge in [-0.2, -0.15) is 0 Å². The zero-order valence-electron chi connectivity index (χ0n) is 9.82. The van der Waals surface area contributed by atoms with E-state index in [0.717, 1.165) is 4.90 Å². The Labute approximate surface area is 95.4 Å². The zero-order valence-corrected chi connectivity index (χ0v) is 9.82. The predicted octanol–water partition coefficient (Wildman–Crippen LogP) is 1.33. The van der Waals surface area contributed by atoms with E-state index in [-0.39, 0.29) is 6.54 Å². The van der Waals surface area contributed by atoms with E-state index in [0.29, 0.717) is 6.42 Å². The molecule has 0 fully saturated rings. The molecule has 5 heteroatoms. The van der Waals surface area contributed by atoms with Gasteiger partial charge in [-0.3, -0.25) is 9.69 Å². The molecule has 0 aliphatic carbocycles. The lowest BCUT2D eigenvalue weighted by Crippen LogP contribution is -2.40. The minimum Gasteiger partial charge on any atom is -0.480 e. The van der Waals surface area contributed by atoms with E-state index in [2.05, 4.69) is 5.92 Å². The molecule has 0 aromatic rings. The Morgan fingerprint density at radius 3 is 2.38 bits per heavy atom. The molecule has 0 unspecified atom stereocenters. The van der Waals surface area contributed by atoms with Crippen molar-refractivity contribution in [2.24, 2.45) is 0 Å². The topological polar surface area (TPSA) is 66.8 Å². The molecule has 0 radical (unpaired) electrons. The second kappa shape index (κ2) is 6.01. The van der Waals surface area contributed by atoms with Crippen LogP contribution in [0, 0.1) is 12.3 Å². The molecule has 0 bridgehead atoms. The fourth-order valence-electron chi connectivity index (χ4n) is 0.924. The zero-order chi connectivity index (χ0) is 12.8. The fraction of sp³-hybridized carbons (Fsp3) is 0.636. The highest BCUT2D eigenvalue weighted by atomic mass is 16.6. The Balaban J connectivity index is 4.44. The molecule has 0 spiro atoms. The molecule has 1 amide bonds. The van der Waals surface area contributed by atoms with Crippen LogP contribution in [0.4, 0.5) is 4.79 Å². The number of carbonyl (C=O) groups is 2. The SMILES string of the molecule is C#CCCN(CC(=O)O)C(=O)OC(C)(C)C. The molecule has 1 N–H and O–H groups in total. The third-order valence-corrected chi connectivity index (χ3v) is 1.50. The van der Waals surface area contributed by atoms with Crippen molar-refractivity contribution in [3.05, 3.63) is 0 Å². The lowest BCUT2D eigenvalue weighted by atomic mass is 10.2. The van der Waals surface area contributed by atoms with Crippen LogP contribution < -0.4 is 0 Å². The number of nitrogens with zero attached hydrogens (tertiary/aromatic N) is 1. The van der Waals surface area contributed by atoms with Gasteiger partial charge >= 0.3 is 12.1 Å². The standard InChI is InChI=1S/C11H17NO4/c1-5-6-7-12(8-9(13)14)10(15)16-11(2,3)4/h1H,6-8H2,2-4H3,(H,13,14). The molecular formula is C11H17NO4. The Morgan fingerprint density at radius 2 is 2.00 bits per heavy atom. The van der Waals surface area contributed by atoms with Crippen molar-refractivity contribution in [1.82, 2.24) is 4.90 Å². The van der Waals surface area contributed by atoms with E-state index in [1.54, 1.807) is 20.8 Å². The summed E-state index contributed by atoms with van der Waals surface area (Å²) in [6.07, 6.45) is 4.70. The average Bonchev–Trinajstić information content (AvgIpc) is 2.08. The van der Waals surface area contributed by atoms with Crippen LogP contribution in [0.5, 0.6) is 0 Å². The summed E-state index contributed by atoms with van der Waals surface area (Å²) in [4.78, 5) is 23.2. The normalized spacial score (nSPS) is 10.4. The van der Waals surface area contributed by atoms with Gasteiger partial charge in [0.05, 0.1) is 0 Å². The molecule has 0 saturated carbocycles. The maximum absolute atomic E-state index is 11.6. The van der Waals surface area contributed by atoms with Crippen molar-refractivity contribution in [3.8, 4) is 12.3 Å². The number of carboxylic acid groups (broad SMARTS) is 1. The van der Waals surface area contributed by atoms with Crippen LogP contribution in [0.1, 0.15) is 27.2 Å². The van der Waals surface area contributed by atoms with Gasteiger partial charge in [0.2, 0.25) is 0 Å². The van der Waals surface area contributed by atoms with Crippen molar-refractivity contribution in [1.29, 1.82) is 0 Å². The lowest BCUT2D eigenvalue weighted by molar-refractivity contribution is -0.138. The Bertz CT molecular complexity index is 298. The number of rotatable bonds is 4. The van der Waals surface area contributed by atoms with E-state index in [9.17, 15) is 9.59 Å². The summed E-state index contributed by atoms with van der Waals surface area (Å²) < 4.78 is 5.05. The van der Waals surface area contributed by atoms with Gasteiger partial charge < -0.3 is 9.84 Å². The summed E-state index contributed by atoms with van der Waals surface area (Å²) in [6.45, 7) is 4.91. The Hall–Kier alpha value is -1.70. The van der Waals surface area contributed by atoms with Crippen molar-refractivity contribution < 1.29 is 19.4 Å². The molecule has 0 aliphatic heterocycles. The van der Waals surface area contributed by atoms with Crippen LogP contribution in [-0.2, 0) is 9.53 Å². The summed E-state index contributed by atoms with van der Waals surface area (Å²) in [5.74, 6) is 1.25. The van der Waals surface area contributed by atoms with Crippen LogP contribution in [0.3, 0.4) is 0 Å². The van der Waals surface area contributed by atoms with Gasteiger partial charge in [-0.15, -0.1) is 12.3 Å². The number of aliphatic carboxylic acids is 1. The molecule has 0 aliphatic rings. The van der Waals surface area contributed by atoms with Gasteiger partial charge in [-0.25, -0.2) is 4.79 Å². The van der Waals surface area contributed by atoms with E-state index in [1.807, 2.05) is 0 Å². The van der Waals surface area contributed by atoms with Crippen molar-refractivity contribution in [3.63, 3.8) is 0 Å². The van der Waals surface area contributed by atoms with Crippen molar-refractivity contribution in [2.45, 2.75) is 32.8 Å². The Kier molecular flexibility index (Phi) is 5.37. The van der Waals surface area contributed by atoms with E-state index in [4.69, 9.17) is 16.3 Å². The predicted molar refractivity (Wildman–Crippen MR) is 58.9 cm³/mol. The van der Waals surface area contributed by atoms with Crippen LogP contribution >= 0.6 is 0 Å². The fourth-order valence-corrected chi connectivity index (χ4v) is 0.924. The molecular weight excluding hydrogens is 210 g/mol. The van der Waals surface area contributed by atoms with Crippen molar-refractivity contribution >= 4 is 12.1 Å². The number of terminal acetylenes is 1. The third kappa shape index (κ3) is 6.71. The minimum absolute atomic E-state index is 0.178. The number of hydrogen-bond acceptors (Lipinski definition) is 3. The van der Waals surface area contributed by atoms with Gasteiger partial charge in [0, 0.05) is 13.0 Å². The van der Waals surface area contributed by atoms with Crippen molar-refractivity contribution in [2.75, 3.05) is 13.1 Å². The summed E-state index contributed by atoms with van der Waals surface area (Å²) in [7, 11) is 0. The molecule has 0 rings (SSSR count). The van der Waals surface area contributed by atoms with Crippen LogP contribution in [0.2, 0.25) is 0 Å². The lowest BCUT2D eigenvalue weighted by Gasteiger charge is -2.25. The van der Waals surface area contributed by atoms with E-state index in [1.165, 1.54) is 0 Å². The molecule has 0 aromatic heterocycles. The smallest absolute Gasteiger partial charge is 0.410 e. The number of ether oxygens (including phenoxy) is 1.